The number of ether oxygens (including phenoxy) is 5. The second-order valence-corrected chi connectivity index (χ2v) is 13.8. The Kier molecular flexibility index (Phi) is 12.4. The lowest BCUT2D eigenvalue weighted by molar-refractivity contribution is -0.00443. The molecule has 1 aliphatic heterocycles. The van der Waals surface area contributed by atoms with Crippen molar-refractivity contribution >= 4 is 0 Å². The first-order valence-corrected chi connectivity index (χ1v) is 19.0. The minimum absolute atomic E-state index is 0.234. The molecule has 1 aliphatic rings. The summed E-state index contributed by atoms with van der Waals surface area (Å²) in [5, 5.41) is 12.3. The van der Waals surface area contributed by atoms with Gasteiger partial charge in [0.15, 0.2) is 17.6 Å². The predicted octanol–water partition coefficient (Wildman–Crippen LogP) is 11.2. The standard InChI is InChI=1S/C48H48O6/c1-2-3-8-25-41-46-44(53-34-38-23-15-7-16-24-38)29-40(50-31-35-17-9-4-10-18-35)30-45(46)54-48(47(41)49)39-26-27-42(51-32-36-19-11-5-12-20-36)43(28-39)52-33-37-21-13-6-14-22-37/h4-7,9-24,26-30,41,47-49H,2-3,8,25,31-34H2,1H3. The van der Waals surface area contributed by atoms with E-state index in [1.54, 1.807) is 0 Å². The maximum absolute atomic E-state index is 12.3. The van der Waals surface area contributed by atoms with Gasteiger partial charge >= 0.3 is 0 Å². The summed E-state index contributed by atoms with van der Waals surface area (Å²) in [5.41, 5.74) is 5.89. The highest BCUT2D eigenvalue weighted by molar-refractivity contribution is 5.55. The summed E-state index contributed by atoms with van der Waals surface area (Å²) in [4.78, 5) is 0. The molecule has 1 heterocycles. The molecule has 0 saturated heterocycles. The molecule has 54 heavy (non-hydrogen) atoms. The summed E-state index contributed by atoms with van der Waals surface area (Å²) in [6.45, 7) is 3.74. The fourth-order valence-electron chi connectivity index (χ4n) is 6.91. The van der Waals surface area contributed by atoms with E-state index in [1.807, 2.05) is 152 Å². The zero-order chi connectivity index (χ0) is 37.0. The van der Waals surface area contributed by atoms with Gasteiger partial charge in [0.25, 0.3) is 0 Å². The van der Waals surface area contributed by atoms with Crippen LogP contribution in [0.5, 0.6) is 28.7 Å². The van der Waals surface area contributed by atoms with Crippen LogP contribution in [-0.4, -0.2) is 11.2 Å². The highest BCUT2D eigenvalue weighted by Crippen LogP contribution is 2.51. The molecule has 0 bridgehead atoms. The molecule has 0 spiro atoms. The van der Waals surface area contributed by atoms with E-state index in [2.05, 4.69) is 6.92 Å². The monoisotopic (exact) mass is 720 g/mol. The summed E-state index contributed by atoms with van der Waals surface area (Å²) < 4.78 is 32.5. The summed E-state index contributed by atoms with van der Waals surface area (Å²) in [5.74, 6) is 2.92. The van der Waals surface area contributed by atoms with Crippen LogP contribution in [0.4, 0.5) is 0 Å². The van der Waals surface area contributed by atoms with Gasteiger partial charge in [0, 0.05) is 23.6 Å². The van der Waals surface area contributed by atoms with Gasteiger partial charge in [0.2, 0.25) is 0 Å². The number of unbranched alkanes of at least 4 members (excludes halogenated alkanes) is 2. The average molecular weight is 721 g/mol. The lowest BCUT2D eigenvalue weighted by Gasteiger charge is -2.38. The lowest BCUT2D eigenvalue weighted by atomic mass is 9.81. The highest BCUT2D eigenvalue weighted by atomic mass is 16.5. The van der Waals surface area contributed by atoms with Gasteiger partial charge in [-0.25, -0.2) is 0 Å². The molecular weight excluding hydrogens is 673 g/mol. The number of aliphatic hydroxyl groups is 1. The van der Waals surface area contributed by atoms with E-state index in [0.717, 1.165) is 59.1 Å². The molecule has 3 unspecified atom stereocenters. The molecule has 0 fully saturated rings. The smallest absolute Gasteiger partial charge is 0.162 e. The molecule has 276 valence electrons. The Hall–Kier alpha value is -5.72. The zero-order valence-corrected chi connectivity index (χ0v) is 30.8. The van der Waals surface area contributed by atoms with Gasteiger partial charge in [0.1, 0.15) is 49.8 Å². The van der Waals surface area contributed by atoms with Gasteiger partial charge in [-0.1, -0.05) is 154 Å². The first kappa shape index (κ1) is 36.6. The van der Waals surface area contributed by atoms with E-state index >= 15 is 0 Å². The van der Waals surface area contributed by atoms with Crippen molar-refractivity contribution in [3.05, 3.63) is 185 Å². The Morgan fingerprint density at radius 1 is 0.519 bits per heavy atom. The van der Waals surface area contributed by atoms with Crippen molar-refractivity contribution in [1.29, 1.82) is 0 Å². The summed E-state index contributed by atoms with van der Waals surface area (Å²) >= 11 is 0. The van der Waals surface area contributed by atoms with Crippen LogP contribution in [0, 0.1) is 0 Å². The third kappa shape index (κ3) is 9.44. The molecule has 6 aromatic rings. The van der Waals surface area contributed by atoms with Gasteiger partial charge < -0.3 is 28.8 Å². The minimum Gasteiger partial charge on any atom is -0.489 e. The van der Waals surface area contributed by atoms with Crippen molar-refractivity contribution in [3.63, 3.8) is 0 Å². The summed E-state index contributed by atoms with van der Waals surface area (Å²) in [7, 11) is 0. The van der Waals surface area contributed by atoms with E-state index in [1.165, 1.54) is 0 Å². The van der Waals surface area contributed by atoms with Gasteiger partial charge in [0.05, 0.1) is 0 Å². The largest absolute Gasteiger partial charge is 0.489 e. The van der Waals surface area contributed by atoms with Gasteiger partial charge in [-0.2, -0.15) is 0 Å². The number of hydrogen-bond donors (Lipinski definition) is 1. The van der Waals surface area contributed by atoms with Crippen LogP contribution in [0.25, 0.3) is 0 Å². The maximum Gasteiger partial charge on any atom is 0.162 e. The Morgan fingerprint density at radius 3 is 1.56 bits per heavy atom. The number of fused-ring (bicyclic) bond motifs is 1. The normalized spacial score (nSPS) is 16.1. The van der Waals surface area contributed by atoms with Crippen LogP contribution in [0.2, 0.25) is 0 Å². The molecule has 7 rings (SSSR count). The topological polar surface area (TPSA) is 66.4 Å². The summed E-state index contributed by atoms with van der Waals surface area (Å²) in [6, 6.07) is 50.1. The van der Waals surface area contributed by atoms with Crippen molar-refractivity contribution in [2.75, 3.05) is 0 Å². The molecule has 0 radical (unpaired) electrons. The van der Waals surface area contributed by atoms with Crippen molar-refractivity contribution < 1.29 is 28.8 Å². The lowest BCUT2D eigenvalue weighted by Crippen LogP contribution is -2.35. The van der Waals surface area contributed by atoms with E-state index < -0.39 is 12.2 Å². The predicted molar refractivity (Wildman–Crippen MR) is 212 cm³/mol. The quantitative estimate of drug-likeness (QED) is 0.0947. The molecule has 0 aromatic heterocycles. The van der Waals surface area contributed by atoms with Crippen molar-refractivity contribution in [2.24, 2.45) is 0 Å². The van der Waals surface area contributed by atoms with Crippen molar-refractivity contribution in [3.8, 4) is 28.7 Å². The molecule has 1 N–H and O–H groups in total. The third-order valence-electron chi connectivity index (χ3n) is 9.80. The number of rotatable bonds is 17. The van der Waals surface area contributed by atoms with E-state index in [0.29, 0.717) is 55.2 Å². The van der Waals surface area contributed by atoms with Crippen LogP contribution in [0.15, 0.2) is 152 Å². The molecule has 0 amide bonds. The molecule has 0 saturated carbocycles. The Morgan fingerprint density at radius 2 is 1.02 bits per heavy atom. The second kappa shape index (κ2) is 18.4. The number of aliphatic hydroxyl groups excluding tert-OH is 1. The summed E-state index contributed by atoms with van der Waals surface area (Å²) in [6.07, 6.45) is 2.37. The Balaban J connectivity index is 1.23. The fourth-order valence-corrected chi connectivity index (χ4v) is 6.91. The van der Waals surface area contributed by atoms with Crippen LogP contribution in [0.3, 0.4) is 0 Å². The average Bonchev–Trinajstić information content (AvgIpc) is 3.23. The van der Waals surface area contributed by atoms with Crippen molar-refractivity contribution in [2.45, 2.75) is 77.2 Å². The van der Waals surface area contributed by atoms with Crippen molar-refractivity contribution in [1.82, 2.24) is 0 Å². The first-order chi connectivity index (χ1) is 26.6. The van der Waals surface area contributed by atoms with Gasteiger partial charge in [-0.15, -0.1) is 0 Å². The van der Waals surface area contributed by atoms with Crippen LogP contribution in [-0.2, 0) is 26.4 Å². The molecule has 6 nitrogen and oxygen atoms in total. The third-order valence-corrected chi connectivity index (χ3v) is 9.80. The molecule has 0 aliphatic carbocycles. The van der Waals surface area contributed by atoms with Crippen LogP contribution < -0.4 is 23.7 Å². The molecule has 6 aromatic carbocycles. The zero-order valence-electron chi connectivity index (χ0n) is 30.8. The van der Waals surface area contributed by atoms with Gasteiger partial charge in [-0.3, -0.25) is 0 Å². The number of hydrogen-bond acceptors (Lipinski definition) is 6. The Labute approximate surface area is 318 Å². The minimum atomic E-state index is -0.845. The van der Waals surface area contributed by atoms with E-state index in [-0.39, 0.29) is 5.92 Å². The SMILES string of the molecule is CCCCCC1c2c(OCc3ccccc3)cc(OCc3ccccc3)cc2OC(c2ccc(OCc3ccccc3)c(OCc3ccccc3)c2)C1O. The van der Waals surface area contributed by atoms with E-state index in [9.17, 15) is 5.11 Å². The molecule has 6 heteroatoms. The highest BCUT2D eigenvalue weighted by Gasteiger charge is 2.40. The van der Waals surface area contributed by atoms with Crippen LogP contribution >= 0.6 is 0 Å². The molecular formula is C48H48O6. The van der Waals surface area contributed by atoms with Crippen LogP contribution in [0.1, 0.15) is 78.0 Å². The Bertz CT molecular complexity index is 2040. The van der Waals surface area contributed by atoms with Gasteiger partial charge in [-0.05, 0) is 46.4 Å². The second-order valence-electron chi connectivity index (χ2n) is 13.8. The first-order valence-electron chi connectivity index (χ1n) is 19.0. The number of benzene rings is 6. The maximum atomic E-state index is 12.3. The van der Waals surface area contributed by atoms with E-state index in [4.69, 9.17) is 23.7 Å². The fraction of sp³-hybridized carbons (Fsp3) is 0.250. The molecule has 3 atom stereocenters.